The molecule has 7 heteroatoms. The van der Waals surface area contributed by atoms with Crippen molar-refractivity contribution in [1.29, 1.82) is 0 Å². The molecule has 1 aliphatic carbocycles. The molecule has 2 heterocycles. The molecule has 0 radical (unpaired) electrons. The normalized spacial score (nSPS) is 14.3. The minimum Gasteiger partial charge on any atom is -0.507 e. The lowest BCUT2D eigenvalue weighted by Crippen LogP contribution is -2.30. The molecule has 5 rings (SSSR count). The Labute approximate surface area is 243 Å². The van der Waals surface area contributed by atoms with Crippen molar-refractivity contribution >= 4 is 35.2 Å². The zero-order valence-corrected chi connectivity index (χ0v) is 23.7. The molecule has 0 saturated carbocycles. The number of aliphatic hydroxyl groups is 1. The first-order valence-electron chi connectivity index (χ1n) is 13.6. The highest BCUT2D eigenvalue weighted by Gasteiger charge is 2.26. The average molecular weight is 561 g/mol. The summed E-state index contributed by atoms with van der Waals surface area (Å²) in [6.07, 6.45) is 12.8. The second-order valence-corrected chi connectivity index (χ2v) is 10.3. The van der Waals surface area contributed by atoms with Gasteiger partial charge < -0.3 is 25.5 Å². The fourth-order valence-electron chi connectivity index (χ4n) is 5.55. The molecule has 0 atom stereocenters. The van der Waals surface area contributed by atoms with Gasteiger partial charge in [0, 0.05) is 45.7 Å². The highest BCUT2D eigenvalue weighted by Crippen LogP contribution is 2.50. The monoisotopic (exact) mass is 560 g/mol. The minimum absolute atomic E-state index is 0.0109. The minimum atomic E-state index is -0.892. The van der Waals surface area contributed by atoms with Crippen LogP contribution in [0.2, 0.25) is 0 Å². The van der Waals surface area contributed by atoms with Crippen molar-refractivity contribution in [1.82, 2.24) is 4.98 Å². The van der Waals surface area contributed by atoms with E-state index in [9.17, 15) is 25.5 Å². The van der Waals surface area contributed by atoms with Gasteiger partial charge in [-0.05, 0) is 54.7 Å². The van der Waals surface area contributed by atoms with E-state index in [2.05, 4.69) is 36.4 Å². The number of benzene rings is 2. The number of pyridine rings is 1. The van der Waals surface area contributed by atoms with E-state index in [1.807, 2.05) is 44.2 Å². The van der Waals surface area contributed by atoms with E-state index in [-0.39, 0.29) is 22.5 Å². The van der Waals surface area contributed by atoms with Gasteiger partial charge in [0.25, 0.3) is 0 Å². The number of aliphatic imine (C=N–C) groups is 1. The summed E-state index contributed by atoms with van der Waals surface area (Å²) in [5.74, 6) is -3.25. The van der Waals surface area contributed by atoms with Gasteiger partial charge >= 0.3 is 0 Å². The van der Waals surface area contributed by atoms with Crippen LogP contribution in [0.25, 0.3) is 40.3 Å². The number of rotatable bonds is 6. The lowest BCUT2D eigenvalue weighted by Gasteiger charge is -2.20. The van der Waals surface area contributed by atoms with E-state index in [1.54, 1.807) is 12.3 Å². The second-order valence-electron chi connectivity index (χ2n) is 10.3. The van der Waals surface area contributed by atoms with E-state index in [0.717, 1.165) is 49.8 Å². The van der Waals surface area contributed by atoms with Crippen molar-refractivity contribution in [3.05, 3.63) is 105 Å². The number of aliphatic hydroxyl groups excluding tert-OH is 1. The lowest BCUT2D eigenvalue weighted by molar-refractivity contribution is 0.343. The first kappa shape index (κ1) is 28.2. The zero-order valence-electron chi connectivity index (χ0n) is 23.7. The van der Waals surface area contributed by atoms with Crippen LogP contribution < -0.4 is 10.6 Å². The Bertz CT molecular complexity index is 1910. The molecule has 1 aliphatic heterocycles. The molecule has 2 aliphatic rings. The number of phenolic OH excluding ortho intramolecular Hbond substituents is 4. The van der Waals surface area contributed by atoms with E-state index < -0.39 is 23.0 Å². The molecule has 2 bridgehead atoms. The van der Waals surface area contributed by atoms with Crippen molar-refractivity contribution < 1.29 is 25.5 Å². The third-order valence-corrected chi connectivity index (χ3v) is 7.86. The lowest BCUT2D eigenvalue weighted by atomic mass is 9.87. The molecular weight excluding hydrogens is 528 g/mol. The summed E-state index contributed by atoms with van der Waals surface area (Å²) in [7, 11) is 0. The van der Waals surface area contributed by atoms with Gasteiger partial charge in [0.1, 0.15) is 5.76 Å². The smallest absolute Gasteiger partial charge is 0.204 e. The molecule has 1 aromatic heterocycles. The first-order valence-corrected chi connectivity index (χ1v) is 13.6. The molecule has 0 amide bonds. The predicted molar refractivity (Wildman–Crippen MR) is 169 cm³/mol. The van der Waals surface area contributed by atoms with Gasteiger partial charge in [0.05, 0.1) is 16.7 Å². The molecule has 2 aromatic carbocycles. The molecule has 42 heavy (non-hydrogen) atoms. The van der Waals surface area contributed by atoms with Crippen LogP contribution >= 0.6 is 0 Å². The molecule has 0 unspecified atom stereocenters. The number of nitrogens with zero attached hydrogens (tertiary/aromatic N) is 2. The summed E-state index contributed by atoms with van der Waals surface area (Å²) < 4.78 is 0. The van der Waals surface area contributed by atoms with Crippen molar-refractivity contribution in [2.75, 3.05) is 0 Å². The largest absolute Gasteiger partial charge is 0.507 e. The summed E-state index contributed by atoms with van der Waals surface area (Å²) in [5.41, 5.74) is 6.66. The average Bonchev–Trinajstić information content (AvgIpc) is 3.34. The number of hydrogen-bond donors (Lipinski definition) is 5. The van der Waals surface area contributed by atoms with Crippen molar-refractivity contribution in [2.45, 2.75) is 33.6 Å². The maximum atomic E-state index is 11.4. The van der Waals surface area contributed by atoms with Gasteiger partial charge in [0.2, 0.25) is 11.5 Å². The maximum absolute atomic E-state index is 11.4. The standard InChI is InChI=1S/C35H32N2O5/c1-6-23-18(3)25(24(7-2)31(38)19(4)29-20(5)32(39)34(41)35(42)33(29)40)13-14-26(23)27-15-12-22-11-10-21-9-8-16-36-28(17-21)30(22)37-27/h6,8-16,38-42H,1,4,7,17H2,2-3,5H3/b31-24-. The van der Waals surface area contributed by atoms with Crippen LogP contribution in [0, 0.1) is 13.8 Å². The number of aromatic hydroxyl groups is 4. The van der Waals surface area contributed by atoms with Gasteiger partial charge in [0.15, 0.2) is 11.5 Å². The molecule has 0 saturated heterocycles. The van der Waals surface area contributed by atoms with Crippen molar-refractivity contribution in [3.63, 3.8) is 0 Å². The third-order valence-electron chi connectivity index (χ3n) is 7.86. The summed E-state index contributed by atoms with van der Waals surface area (Å²) >= 11 is 0. The summed E-state index contributed by atoms with van der Waals surface area (Å²) in [4.78, 5) is 9.67. The van der Waals surface area contributed by atoms with Gasteiger partial charge in [-0.25, -0.2) is 4.98 Å². The molecule has 7 nitrogen and oxygen atoms in total. The third kappa shape index (κ3) is 4.59. The molecule has 0 spiro atoms. The predicted octanol–water partition coefficient (Wildman–Crippen LogP) is 6.08. The van der Waals surface area contributed by atoms with Gasteiger partial charge in [-0.3, -0.25) is 4.99 Å². The number of phenols is 4. The van der Waals surface area contributed by atoms with E-state index in [1.165, 1.54) is 6.92 Å². The second kappa shape index (κ2) is 10.9. The summed E-state index contributed by atoms with van der Waals surface area (Å²) in [6.45, 7) is 13.3. The fraction of sp³-hybridized carbons (Fsp3) is 0.143. The molecule has 212 valence electrons. The van der Waals surface area contributed by atoms with Gasteiger partial charge in [-0.15, -0.1) is 0 Å². The molecular formula is C35H32N2O5. The van der Waals surface area contributed by atoms with E-state index in [4.69, 9.17) is 4.98 Å². The number of allylic oxidation sites excluding steroid dienone is 5. The van der Waals surface area contributed by atoms with Gasteiger partial charge in [-0.2, -0.15) is 0 Å². The topological polar surface area (TPSA) is 126 Å². The molecule has 3 aromatic rings. The van der Waals surface area contributed by atoms with Gasteiger partial charge in [-0.1, -0.05) is 62.6 Å². The molecule has 5 N–H and O–H groups in total. The maximum Gasteiger partial charge on any atom is 0.204 e. The SMILES string of the molecule is C=Cc1c(-c2ccc3c(n2)=C2CC(=CC=3)C=CC=N2)ccc(/C(CC)=C(\O)C(=C)c2c(C)c(O)c(O)c(O)c2O)c1C. The number of fused-ring (bicyclic) bond motifs is 3. The highest BCUT2D eigenvalue weighted by atomic mass is 16.3. The Kier molecular flexibility index (Phi) is 7.35. The number of aromatic nitrogens is 1. The summed E-state index contributed by atoms with van der Waals surface area (Å²) in [5, 5.41) is 54.0. The van der Waals surface area contributed by atoms with Crippen molar-refractivity contribution in [3.8, 4) is 34.3 Å². The van der Waals surface area contributed by atoms with E-state index in [0.29, 0.717) is 18.4 Å². The first-order chi connectivity index (χ1) is 20.1. The van der Waals surface area contributed by atoms with Crippen LogP contribution in [0.5, 0.6) is 23.0 Å². The Balaban J connectivity index is 1.65. The highest BCUT2D eigenvalue weighted by molar-refractivity contribution is 5.92. The Hall–Kier alpha value is -5.30. The van der Waals surface area contributed by atoms with Crippen LogP contribution in [0.4, 0.5) is 0 Å². The Morgan fingerprint density at radius 3 is 2.40 bits per heavy atom. The zero-order chi connectivity index (χ0) is 30.3. The Morgan fingerprint density at radius 1 is 0.952 bits per heavy atom. The number of hydrogen-bond acceptors (Lipinski definition) is 7. The fourth-order valence-corrected chi connectivity index (χ4v) is 5.55. The van der Waals surface area contributed by atoms with E-state index >= 15 is 0 Å². The van der Waals surface area contributed by atoms with Crippen LogP contribution in [0.15, 0.2) is 72.0 Å². The molecule has 0 fully saturated rings. The van der Waals surface area contributed by atoms with Crippen LogP contribution in [0.1, 0.15) is 47.6 Å². The van der Waals surface area contributed by atoms with Crippen molar-refractivity contribution in [2.24, 2.45) is 4.99 Å². The van der Waals surface area contributed by atoms with Crippen LogP contribution in [0.3, 0.4) is 0 Å². The Morgan fingerprint density at radius 2 is 1.69 bits per heavy atom. The quantitative estimate of drug-likeness (QED) is 0.108. The van der Waals surface area contributed by atoms with Crippen LogP contribution in [-0.2, 0) is 0 Å². The summed E-state index contributed by atoms with van der Waals surface area (Å²) in [6, 6.07) is 7.86. The van der Waals surface area contributed by atoms with Crippen LogP contribution in [-0.4, -0.2) is 36.7 Å².